The van der Waals surface area contributed by atoms with Gasteiger partial charge in [0.15, 0.2) is 11.6 Å². The Morgan fingerprint density at radius 3 is 2.07 bits per heavy atom. The van der Waals surface area contributed by atoms with Crippen LogP contribution in [-0.2, 0) is 6.54 Å². The van der Waals surface area contributed by atoms with E-state index in [9.17, 15) is 18.0 Å². The molecular formula is C22H27F3N2O. The molecule has 0 aliphatic heterocycles. The minimum absolute atomic E-state index is 0.307. The molecule has 0 atom stereocenters. The first-order valence-corrected chi connectivity index (χ1v) is 9.46. The van der Waals surface area contributed by atoms with Gasteiger partial charge in [0.05, 0.1) is 0 Å². The van der Waals surface area contributed by atoms with Gasteiger partial charge in [0.1, 0.15) is 11.5 Å². The zero-order chi connectivity index (χ0) is 20.8. The second-order valence-electron chi connectivity index (χ2n) is 7.67. The molecular weight excluding hydrogens is 365 g/mol. The summed E-state index contributed by atoms with van der Waals surface area (Å²) in [6.45, 7) is 9.01. The molecule has 1 N–H and O–H groups in total. The van der Waals surface area contributed by atoms with E-state index < -0.39 is 29.2 Å². The Hall–Kier alpha value is -2.50. The number of benzene rings is 2. The number of nitrogens with zero attached hydrogens (tertiary/aromatic N) is 1. The molecule has 0 saturated heterocycles. The summed E-state index contributed by atoms with van der Waals surface area (Å²) < 4.78 is 40.9. The molecule has 6 heteroatoms. The van der Waals surface area contributed by atoms with Gasteiger partial charge in [-0.05, 0) is 29.4 Å². The molecule has 0 spiro atoms. The highest BCUT2D eigenvalue weighted by Crippen LogP contribution is 2.22. The summed E-state index contributed by atoms with van der Waals surface area (Å²) in [6.07, 6.45) is 0.742. The maximum atomic E-state index is 13.9. The molecule has 2 rings (SSSR count). The molecule has 0 aromatic heterocycles. The van der Waals surface area contributed by atoms with Gasteiger partial charge in [-0.15, -0.1) is 0 Å². The van der Waals surface area contributed by atoms with E-state index in [0.29, 0.717) is 37.1 Å². The Labute approximate surface area is 164 Å². The number of halogens is 3. The molecule has 0 fully saturated rings. The minimum atomic E-state index is -1.14. The topological polar surface area (TPSA) is 32.3 Å². The van der Waals surface area contributed by atoms with E-state index in [1.54, 1.807) is 0 Å². The van der Waals surface area contributed by atoms with Crippen molar-refractivity contribution in [3.05, 3.63) is 65.0 Å². The van der Waals surface area contributed by atoms with Crippen LogP contribution in [0.25, 0.3) is 0 Å². The van der Waals surface area contributed by atoms with Crippen LogP contribution in [0.4, 0.5) is 23.7 Å². The quantitative estimate of drug-likeness (QED) is 0.588. The predicted molar refractivity (Wildman–Crippen MR) is 106 cm³/mol. The SMILES string of the molecule is CC(C)CCN(Cc1ccc(C(C)C)cc1)C(=O)Nc1c(F)cc(F)cc1F. The largest absolute Gasteiger partial charge is 0.322 e. The lowest BCUT2D eigenvalue weighted by Gasteiger charge is -2.24. The Balaban J connectivity index is 2.18. The van der Waals surface area contributed by atoms with E-state index in [-0.39, 0.29) is 0 Å². The average molecular weight is 392 g/mol. The molecule has 0 radical (unpaired) electrons. The van der Waals surface area contributed by atoms with Crippen LogP contribution in [0.2, 0.25) is 0 Å². The summed E-state index contributed by atoms with van der Waals surface area (Å²) in [6, 6.07) is 8.38. The van der Waals surface area contributed by atoms with Crippen molar-refractivity contribution < 1.29 is 18.0 Å². The first kappa shape index (κ1) is 21.8. The number of rotatable bonds is 7. The van der Waals surface area contributed by atoms with Crippen molar-refractivity contribution in [3.63, 3.8) is 0 Å². The molecule has 0 unspecified atom stereocenters. The Morgan fingerprint density at radius 2 is 1.57 bits per heavy atom. The molecule has 2 aromatic rings. The van der Waals surface area contributed by atoms with Crippen molar-refractivity contribution in [2.24, 2.45) is 5.92 Å². The number of carbonyl (C=O) groups is 1. The highest BCUT2D eigenvalue weighted by molar-refractivity contribution is 5.89. The van der Waals surface area contributed by atoms with Crippen LogP contribution in [0, 0.1) is 23.4 Å². The van der Waals surface area contributed by atoms with Crippen LogP contribution in [0.5, 0.6) is 0 Å². The van der Waals surface area contributed by atoms with Crippen molar-refractivity contribution in [3.8, 4) is 0 Å². The van der Waals surface area contributed by atoms with Gasteiger partial charge in [-0.25, -0.2) is 18.0 Å². The molecule has 0 aliphatic carbocycles. The highest BCUT2D eigenvalue weighted by Gasteiger charge is 2.19. The molecule has 152 valence electrons. The molecule has 2 amide bonds. The summed E-state index contributed by atoms with van der Waals surface area (Å²) in [4.78, 5) is 14.2. The Morgan fingerprint density at radius 1 is 1.00 bits per heavy atom. The van der Waals surface area contributed by atoms with E-state index in [4.69, 9.17) is 0 Å². The number of hydrogen-bond acceptors (Lipinski definition) is 1. The molecule has 0 aliphatic rings. The fourth-order valence-corrected chi connectivity index (χ4v) is 2.74. The number of carbonyl (C=O) groups excluding carboxylic acids is 1. The Kier molecular flexibility index (Phi) is 7.49. The van der Waals surface area contributed by atoms with Gasteiger partial charge in [0.2, 0.25) is 0 Å². The fourth-order valence-electron chi connectivity index (χ4n) is 2.74. The van der Waals surface area contributed by atoms with Gasteiger partial charge >= 0.3 is 6.03 Å². The summed E-state index contributed by atoms with van der Waals surface area (Å²) >= 11 is 0. The fraction of sp³-hybridized carbons (Fsp3) is 0.409. The molecule has 0 saturated carbocycles. The van der Waals surface area contributed by atoms with Crippen LogP contribution < -0.4 is 5.32 Å². The van der Waals surface area contributed by atoms with Crippen molar-refractivity contribution in [2.45, 2.75) is 46.6 Å². The average Bonchev–Trinajstić information content (AvgIpc) is 2.61. The van der Waals surface area contributed by atoms with E-state index in [1.165, 1.54) is 10.5 Å². The lowest BCUT2D eigenvalue weighted by molar-refractivity contribution is 0.205. The minimum Gasteiger partial charge on any atom is -0.320 e. The van der Waals surface area contributed by atoms with Crippen molar-refractivity contribution >= 4 is 11.7 Å². The van der Waals surface area contributed by atoms with Crippen LogP contribution in [0.1, 0.15) is 51.2 Å². The van der Waals surface area contributed by atoms with Gasteiger partial charge in [-0.3, -0.25) is 0 Å². The maximum absolute atomic E-state index is 13.9. The molecule has 0 heterocycles. The first-order chi connectivity index (χ1) is 13.2. The third kappa shape index (κ3) is 6.01. The Bertz CT molecular complexity index is 781. The summed E-state index contributed by atoms with van der Waals surface area (Å²) in [5, 5.41) is 2.25. The molecule has 28 heavy (non-hydrogen) atoms. The first-order valence-electron chi connectivity index (χ1n) is 9.46. The van der Waals surface area contributed by atoms with Crippen molar-refractivity contribution in [1.29, 1.82) is 0 Å². The zero-order valence-electron chi connectivity index (χ0n) is 16.7. The summed E-state index contributed by atoms with van der Waals surface area (Å²) in [7, 11) is 0. The molecule has 0 bridgehead atoms. The third-order valence-electron chi connectivity index (χ3n) is 4.52. The summed E-state index contributed by atoms with van der Waals surface area (Å²) in [5.41, 5.74) is 1.47. The van der Waals surface area contributed by atoms with Gasteiger partial charge in [0.25, 0.3) is 0 Å². The van der Waals surface area contributed by atoms with Gasteiger partial charge in [0, 0.05) is 25.2 Å². The van der Waals surface area contributed by atoms with Gasteiger partial charge < -0.3 is 10.2 Å². The second kappa shape index (κ2) is 9.62. The monoisotopic (exact) mass is 392 g/mol. The molecule has 2 aromatic carbocycles. The van der Waals surface area contributed by atoms with Crippen LogP contribution in [0.3, 0.4) is 0 Å². The normalized spacial score (nSPS) is 11.2. The van der Waals surface area contributed by atoms with Crippen LogP contribution >= 0.6 is 0 Å². The number of anilines is 1. The van der Waals surface area contributed by atoms with Gasteiger partial charge in [-0.1, -0.05) is 52.0 Å². The van der Waals surface area contributed by atoms with E-state index in [1.807, 2.05) is 38.1 Å². The lowest BCUT2D eigenvalue weighted by Crippen LogP contribution is -2.36. The van der Waals surface area contributed by atoms with Gasteiger partial charge in [-0.2, -0.15) is 0 Å². The number of nitrogens with one attached hydrogen (secondary N) is 1. The predicted octanol–water partition coefficient (Wildman–Crippen LogP) is 6.31. The third-order valence-corrected chi connectivity index (χ3v) is 4.52. The lowest BCUT2D eigenvalue weighted by atomic mass is 10.0. The van der Waals surface area contributed by atoms with E-state index >= 15 is 0 Å². The van der Waals surface area contributed by atoms with E-state index in [0.717, 1.165) is 12.0 Å². The zero-order valence-corrected chi connectivity index (χ0v) is 16.7. The standard InChI is InChI=1S/C22H27F3N2O/c1-14(2)9-10-27(13-16-5-7-17(8-6-16)15(3)4)22(28)26-21-19(24)11-18(23)12-20(21)25/h5-8,11-12,14-15H,9-10,13H2,1-4H3,(H,26,28). The highest BCUT2D eigenvalue weighted by atomic mass is 19.1. The summed E-state index contributed by atoms with van der Waals surface area (Å²) in [5.74, 6) is -2.56. The maximum Gasteiger partial charge on any atom is 0.322 e. The molecule has 3 nitrogen and oxygen atoms in total. The van der Waals surface area contributed by atoms with Crippen molar-refractivity contribution in [1.82, 2.24) is 4.90 Å². The number of urea groups is 1. The smallest absolute Gasteiger partial charge is 0.320 e. The number of hydrogen-bond donors (Lipinski definition) is 1. The van der Waals surface area contributed by atoms with E-state index in [2.05, 4.69) is 19.2 Å². The van der Waals surface area contributed by atoms with Crippen LogP contribution in [-0.4, -0.2) is 17.5 Å². The number of amides is 2. The second-order valence-corrected chi connectivity index (χ2v) is 7.67. The van der Waals surface area contributed by atoms with Crippen molar-refractivity contribution in [2.75, 3.05) is 11.9 Å². The van der Waals surface area contributed by atoms with Crippen LogP contribution in [0.15, 0.2) is 36.4 Å².